The van der Waals surface area contributed by atoms with Crippen LogP contribution in [-0.4, -0.2) is 22.1 Å². The highest BCUT2D eigenvalue weighted by Gasteiger charge is 2.27. The lowest BCUT2D eigenvalue weighted by molar-refractivity contribution is -0.0246. The van der Waals surface area contributed by atoms with Gasteiger partial charge in [0.1, 0.15) is 0 Å². The Kier molecular flexibility index (Phi) is 4.90. The number of ether oxygens (including phenoxy) is 1. The van der Waals surface area contributed by atoms with E-state index in [0.29, 0.717) is 5.22 Å². The summed E-state index contributed by atoms with van der Waals surface area (Å²) in [5, 5.41) is 0.368. The van der Waals surface area contributed by atoms with Crippen molar-refractivity contribution in [1.82, 2.24) is 0 Å². The lowest BCUT2D eigenvalue weighted by atomic mass is 9.85. The molecule has 2 fully saturated rings. The predicted molar refractivity (Wildman–Crippen MR) is 72.9 cm³/mol. The van der Waals surface area contributed by atoms with Crippen molar-refractivity contribution in [3.8, 4) is 0 Å². The third-order valence-electron chi connectivity index (χ3n) is 4.59. The van der Waals surface area contributed by atoms with Crippen molar-refractivity contribution in [1.29, 1.82) is 0 Å². The lowest BCUT2D eigenvalue weighted by Crippen LogP contribution is -2.36. The molecule has 0 bridgehead atoms. The van der Waals surface area contributed by atoms with Crippen molar-refractivity contribution >= 4 is 10.2 Å². The van der Waals surface area contributed by atoms with Crippen LogP contribution in [-0.2, 0) is 4.74 Å². The van der Waals surface area contributed by atoms with Crippen LogP contribution in [0.3, 0.4) is 0 Å². The Bertz CT molecular complexity index is 193. The molecule has 0 aromatic heterocycles. The quantitative estimate of drug-likeness (QED) is 0.687. The summed E-state index contributed by atoms with van der Waals surface area (Å²) in [6, 6.07) is 0. The van der Waals surface area contributed by atoms with Gasteiger partial charge in [0.2, 0.25) is 0 Å². The summed E-state index contributed by atoms with van der Waals surface area (Å²) < 4.78 is 6.02. The average Bonchev–Trinajstić information content (AvgIpc) is 2.31. The normalized spacial score (nSPS) is 33.0. The van der Waals surface area contributed by atoms with Gasteiger partial charge in [0.15, 0.2) is 0 Å². The first-order valence-electron chi connectivity index (χ1n) is 7.42. The predicted octanol–water partition coefficient (Wildman–Crippen LogP) is 3.00. The molecule has 1 heterocycles. The van der Waals surface area contributed by atoms with E-state index < -0.39 is 0 Å². The van der Waals surface area contributed by atoms with Crippen molar-refractivity contribution in [2.24, 2.45) is 5.92 Å². The molecule has 0 aromatic rings. The van der Waals surface area contributed by atoms with Gasteiger partial charge in [-0.1, -0.05) is 44.9 Å². The Balaban J connectivity index is 1.62. The number of hydrogen-bond acceptors (Lipinski definition) is 1. The van der Waals surface area contributed by atoms with Gasteiger partial charge in [-0.25, -0.2) is 0 Å². The fourth-order valence-corrected chi connectivity index (χ4v) is 4.34. The van der Waals surface area contributed by atoms with Gasteiger partial charge in [-0.3, -0.25) is 0 Å². The van der Waals surface area contributed by atoms with E-state index >= 15 is 0 Å². The zero-order valence-electron chi connectivity index (χ0n) is 11.0. The van der Waals surface area contributed by atoms with Crippen LogP contribution in [0.5, 0.6) is 0 Å². The maximum Gasteiger partial charge on any atom is 0.0486 e. The molecule has 0 amide bonds. The van der Waals surface area contributed by atoms with E-state index in [2.05, 4.69) is 0 Å². The molecule has 0 aromatic carbocycles. The van der Waals surface area contributed by atoms with Crippen molar-refractivity contribution in [2.45, 2.75) is 75.9 Å². The Morgan fingerprint density at radius 2 is 1.88 bits per heavy atom. The molecule has 1 unspecified atom stereocenters. The van der Waals surface area contributed by atoms with E-state index in [4.69, 9.17) is 4.74 Å². The summed E-state index contributed by atoms with van der Waals surface area (Å²) in [6.45, 7) is 1.03. The van der Waals surface area contributed by atoms with Crippen molar-refractivity contribution < 1.29 is 4.74 Å². The third-order valence-corrected chi connectivity index (χ3v) is 5.88. The van der Waals surface area contributed by atoms with E-state index in [0.717, 1.165) is 12.5 Å². The van der Waals surface area contributed by atoms with Crippen molar-refractivity contribution in [3.63, 3.8) is 0 Å². The van der Waals surface area contributed by atoms with Crippen LogP contribution < -0.4 is 0 Å². The zero-order chi connectivity index (χ0) is 11.3. The molecule has 0 N–H and O–H groups in total. The first kappa shape index (κ1) is 12.6. The van der Waals surface area contributed by atoms with Crippen LogP contribution in [0.4, 0.5) is 0 Å². The van der Waals surface area contributed by atoms with E-state index in [1.54, 1.807) is 0 Å². The second kappa shape index (κ2) is 6.20. The summed E-state index contributed by atoms with van der Waals surface area (Å²) in [4.78, 5) is 0. The third kappa shape index (κ3) is 3.88. The van der Waals surface area contributed by atoms with Crippen molar-refractivity contribution in [3.05, 3.63) is 0 Å². The van der Waals surface area contributed by atoms with Crippen LogP contribution in [0, 0.1) is 5.92 Å². The number of hydrogen-bond donors (Lipinski definition) is 0. The molecule has 1 aliphatic carbocycles. The van der Waals surface area contributed by atoms with Gasteiger partial charge in [0, 0.05) is 22.1 Å². The highest BCUT2D eigenvalue weighted by Crippen LogP contribution is 2.31. The molecular weight excluding hydrogens is 212 g/mol. The highest BCUT2D eigenvalue weighted by atomic mass is 28.1. The molecule has 1 saturated carbocycles. The number of rotatable bonds is 4. The SMILES string of the molecule is [SiH3]C1(CCCC2CCCCC2)CCCCO1. The fourth-order valence-electron chi connectivity index (χ4n) is 3.43. The highest BCUT2D eigenvalue weighted by molar-refractivity contribution is 6.14. The molecule has 0 spiro atoms. The zero-order valence-corrected chi connectivity index (χ0v) is 13.0. The summed E-state index contributed by atoms with van der Waals surface area (Å²) in [5.41, 5.74) is 0. The van der Waals surface area contributed by atoms with Crippen LogP contribution in [0.1, 0.15) is 70.6 Å². The second-order valence-electron chi connectivity index (χ2n) is 6.15. The van der Waals surface area contributed by atoms with E-state index in [1.165, 1.54) is 80.9 Å². The van der Waals surface area contributed by atoms with Crippen LogP contribution >= 0.6 is 0 Å². The van der Waals surface area contributed by atoms with E-state index in [9.17, 15) is 0 Å². The maximum atomic E-state index is 6.02. The summed E-state index contributed by atoms with van der Waals surface area (Å²) in [7, 11) is 1.24. The molecule has 16 heavy (non-hydrogen) atoms. The Morgan fingerprint density at radius 3 is 2.56 bits per heavy atom. The largest absolute Gasteiger partial charge is 0.380 e. The maximum absolute atomic E-state index is 6.02. The van der Waals surface area contributed by atoms with Gasteiger partial charge in [0.05, 0.1) is 0 Å². The molecule has 1 aliphatic heterocycles. The monoisotopic (exact) mass is 240 g/mol. The van der Waals surface area contributed by atoms with Gasteiger partial charge in [0.25, 0.3) is 0 Å². The Labute approximate surface area is 104 Å². The van der Waals surface area contributed by atoms with Gasteiger partial charge >= 0.3 is 0 Å². The van der Waals surface area contributed by atoms with Gasteiger partial charge < -0.3 is 4.74 Å². The first-order chi connectivity index (χ1) is 7.79. The molecular formula is C14H28OSi. The van der Waals surface area contributed by atoms with E-state index in [1.807, 2.05) is 0 Å². The topological polar surface area (TPSA) is 9.23 Å². The molecule has 1 saturated heterocycles. The van der Waals surface area contributed by atoms with Crippen LogP contribution in [0.2, 0.25) is 0 Å². The average molecular weight is 240 g/mol. The standard InChI is InChI=1S/C14H28OSi/c16-14(10-4-5-12-15-14)11-6-9-13-7-2-1-3-8-13/h13H,1-12H2,16H3. The molecule has 2 aliphatic rings. The smallest absolute Gasteiger partial charge is 0.0486 e. The van der Waals surface area contributed by atoms with Crippen molar-refractivity contribution in [2.75, 3.05) is 6.61 Å². The molecule has 2 rings (SSSR count). The minimum Gasteiger partial charge on any atom is -0.380 e. The molecule has 94 valence electrons. The minimum absolute atomic E-state index is 0.368. The lowest BCUT2D eigenvalue weighted by Gasteiger charge is -2.34. The summed E-state index contributed by atoms with van der Waals surface area (Å²) >= 11 is 0. The van der Waals surface area contributed by atoms with Gasteiger partial charge in [-0.05, 0) is 31.6 Å². The Hall–Kier alpha value is 0.177. The molecule has 2 heteroatoms. The first-order valence-corrected chi connectivity index (χ1v) is 8.42. The minimum atomic E-state index is 0.368. The Morgan fingerprint density at radius 1 is 1.06 bits per heavy atom. The second-order valence-corrected chi connectivity index (χ2v) is 7.97. The molecule has 1 nitrogen and oxygen atoms in total. The van der Waals surface area contributed by atoms with Crippen LogP contribution in [0.25, 0.3) is 0 Å². The summed E-state index contributed by atoms with van der Waals surface area (Å²) in [5.74, 6) is 1.06. The fraction of sp³-hybridized carbons (Fsp3) is 1.00. The summed E-state index contributed by atoms with van der Waals surface area (Å²) in [6.07, 6.45) is 15.8. The molecule has 1 atom stereocenters. The van der Waals surface area contributed by atoms with Gasteiger partial charge in [-0.2, -0.15) is 0 Å². The van der Waals surface area contributed by atoms with Crippen LogP contribution in [0.15, 0.2) is 0 Å². The van der Waals surface area contributed by atoms with E-state index in [-0.39, 0.29) is 0 Å². The van der Waals surface area contributed by atoms with Gasteiger partial charge in [-0.15, -0.1) is 0 Å². The molecule has 0 radical (unpaired) electrons.